The van der Waals surface area contributed by atoms with Gasteiger partial charge in [-0.25, -0.2) is 0 Å². The molecule has 5 heteroatoms. The fourth-order valence-corrected chi connectivity index (χ4v) is 1.81. The molecule has 0 aliphatic heterocycles. The molecular formula is C15H15N3OS. The number of nitrogens with two attached hydrogens (primary N) is 1. The predicted molar refractivity (Wildman–Crippen MR) is 83.9 cm³/mol. The van der Waals surface area contributed by atoms with Gasteiger partial charge in [-0.05, 0) is 36.2 Å². The van der Waals surface area contributed by atoms with Gasteiger partial charge in [0.2, 0.25) is 0 Å². The minimum absolute atomic E-state index is 0.260. The van der Waals surface area contributed by atoms with Crippen molar-refractivity contribution in [1.29, 1.82) is 0 Å². The third kappa shape index (κ3) is 3.39. The average Bonchev–Trinajstić information content (AvgIpc) is 2.48. The average molecular weight is 285 g/mol. The van der Waals surface area contributed by atoms with E-state index in [0.29, 0.717) is 11.3 Å². The van der Waals surface area contributed by atoms with E-state index >= 15 is 0 Å². The van der Waals surface area contributed by atoms with Crippen LogP contribution in [0.4, 0.5) is 5.69 Å². The Hall–Kier alpha value is -2.27. The second-order valence-electron chi connectivity index (χ2n) is 4.30. The number of amides is 1. The number of hydrogen-bond donors (Lipinski definition) is 2. The first-order chi connectivity index (χ1) is 9.60. The molecular weight excluding hydrogens is 270 g/mol. The van der Waals surface area contributed by atoms with Crippen molar-refractivity contribution < 1.29 is 4.79 Å². The SMILES string of the molecule is CCc1ccc(NC(=O)c2ccc(C(N)=S)cn2)cc1. The molecule has 0 aliphatic carbocycles. The summed E-state index contributed by atoms with van der Waals surface area (Å²) >= 11 is 4.84. The highest BCUT2D eigenvalue weighted by Crippen LogP contribution is 2.11. The molecule has 2 aromatic rings. The molecule has 1 heterocycles. The Kier molecular flexibility index (Phi) is 4.42. The van der Waals surface area contributed by atoms with Gasteiger partial charge in [0.05, 0.1) is 0 Å². The minimum atomic E-state index is -0.260. The zero-order valence-electron chi connectivity index (χ0n) is 11.1. The summed E-state index contributed by atoms with van der Waals surface area (Å²) in [6.45, 7) is 2.08. The van der Waals surface area contributed by atoms with Gasteiger partial charge in [-0.15, -0.1) is 0 Å². The summed E-state index contributed by atoms with van der Waals surface area (Å²) in [5.41, 5.74) is 8.41. The summed E-state index contributed by atoms with van der Waals surface area (Å²) < 4.78 is 0. The van der Waals surface area contributed by atoms with Crippen LogP contribution in [-0.4, -0.2) is 15.9 Å². The molecule has 102 valence electrons. The van der Waals surface area contributed by atoms with Crippen LogP contribution in [0.15, 0.2) is 42.6 Å². The number of thiocarbonyl (C=S) groups is 1. The molecule has 0 atom stereocenters. The van der Waals surface area contributed by atoms with Crippen LogP contribution in [0.2, 0.25) is 0 Å². The molecule has 3 N–H and O–H groups in total. The van der Waals surface area contributed by atoms with Crippen molar-refractivity contribution in [2.75, 3.05) is 5.32 Å². The number of aromatic nitrogens is 1. The molecule has 0 saturated heterocycles. The van der Waals surface area contributed by atoms with E-state index in [2.05, 4.69) is 17.2 Å². The molecule has 0 unspecified atom stereocenters. The molecule has 0 radical (unpaired) electrons. The summed E-state index contributed by atoms with van der Waals surface area (Å²) in [6.07, 6.45) is 2.47. The Balaban J connectivity index is 2.08. The molecule has 4 nitrogen and oxygen atoms in total. The smallest absolute Gasteiger partial charge is 0.274 e. The third-order valence-electron chi connectivity index (χ3n) is 2.90. The summed E-state index contributed by atoms with van der Waals surface area (Å²) in [5.74, 6) is -0.260. The largest absolute Gasteiger partial charge is 0.389 e. The molecule has 1 aromatic heterocycles. The summed E-state index contributed by atoms with van der Waals surface area (Å²) in [5, 5.41) is 2.79. The topological polar surface area (TPSA) is 68.0 Å². The number of nitrogens with zero attached hydrogens (tertiary/aromatic N) is 1. The lowest BCUT2D eigenvalue weighted by Gasteiger charge is -2.06. The molecule has 0 aliphatic rings. The van der Waals surface area contributed by atoms with Crippen LogP contribution in [0.3, 0.4) is 0 Å². The Bertz CT molecular complexity index is 621. The number of anilines is 1. The van der Waals surface area contributed by atoms with Gasteiger partial charge in [-0.3, -0.25) is 9.78 Å². The van der Waals surface area contributed by atoms with E-state index in [1.54, 1.807) is 12.1 Å². The lowest BCUT2D eigenvalue weighted by molar-refractivity contribution is 0.102. The van der Waals surface area contributed by atoms with Crippen LogP contribution in [0.1, 0.15) is 28.5 Å². The van der Waals surface area contributed by atoms with E-state index < -0.39 is 0 Å². The Morgan fingerprint density at radius 2 is 1.95 bits per heavy atom. The first kappa shape index (κ1) is 14.1. The fourth-order valence-electron chi connectivity index (χ4n) is 1.69. The summed E-state index contributed by atoms with van der Waals surface area (Å²) in [6, 6.07) is 11.0. The van der Waals surface area contributed by atoms with Crippen LogP contribution in [0, 0.1) is 0 Å². The number of carbonyl (C=O) groups excluding carboxylic acids is 1. The molecule has 1 aromatic carbocycles. The second kappa shape index (κ2) is 6.25. The van der Waals surface area contributed by atoms with Crippen molar-refractivity contribution >= 4 is 28.8 Å². The Labute approximate surface area is 123 Å². The second-order valence-corrected chi connectivity index (χ2v) is 4.74. The van der Waals surface area contributed by atoms with E-state index in [-0.39, 0.29) is 10.9 Å². The van der Waals surface area contributed by atoms with Crippen molar-refractivity contribution in [2.45, 2.75) is 13.3 Å². The zero-order chi connectivity index (χ0) is 14.5. The van der Waals surface area contributed by atoms with Crippen LogP contribution >= 0.6 is 12.2 Å². The van der Waals surface area contributed by atoms with Crippen molar-refractivity contribution in [3.63, 3.8) is 0 Å². The number of pyridine rings is 1. The first-order valence-electron chi connectivity index (χ1n) is 6.26. The first-order valence-corrected chi connectivity index (χ1v) is 6.67. The van der Waals surface area contributed by atoms with Crippen molar-refractivity contribution in [3.05, 3.63) is 59.4 Å². The number of aryl methyl sites for hydroxylation is 1. The van der Waals surface area contributed by atoms with Crippen molar-refractivity contribution in [3.8, 4) is 0 Å². The van der Waals surface area contributed by atoms with E-state index in [4.69, 9.17) is 18.0 Å². The molecule has 1 amide bonds. The molecule has 0 spiro atoms. The zero-order valence-corrected chi connectivity index (χ0v) is 11.9. The van der Waals surface area contributed by atoms with Gasteiger partial charge in [0, 0.05) is 17.4 Å². The van der Waals surface area contributed by atoms with Crippen LogP contribution in [0.25, 0.3) is 0 Å². The monoisotopic (exact) mass is 285 g/mol. The standard InChI is InChI=1S/C15H15N3OS/c1-2-10-3-6-12(7-4-10)18-15(19)13-8-5-11(9-17-13)14(16)20/h3-9H,2H2,1H3,(H2,16,20)(H,18,19). The van der Waals surface area contributed by atoms with Gasteiger partial charge in [-0.1, -0.05) is 31.3 Å². The highest BCUT2D eigenvalue weighted by molar-refractivity contribution is 7.80. The van der Waals surface area contributed by atoms with Gasteiger partial charge in [0.15, 0.2) is 0 Å². The molecule has 0 fully saturated rings. The predicted octanol–water partition coefficient (Wildman–Crippen LogP) is 2.53. The van der Waals surface area contributed by atoms with E-state index in [0.717, 1.165) is 12.1 Å². The minimum Gasteiger partial charge on any atom is -0.389 e. The molecule has 20 heavy (non-hydrogen) atoms. The summed E-state index contributed by atoms with van der Waals surface area (Å²) in [4.78, 5) is 16.3. The maximum atomic E-state index is 12.0. The van der Waals surface area contributed by atoms with Gasteiger partial charge < -0.3 is 11.1 Å². The van der Waals surface area contributed by atoms with Crippen LogP contribution < -0.4 is 11.1 Å². The normalized spacial score (nSPS) is 10.1. The van der Waals surface area contributed by atoms with Gasteiger partial charge in [-0.2, -0.15) is 0 Å². The number of rotatable bonds is 4. The number of benzene rings is 1. The van der Waals surface area contributed by atoms with Crippen LogP contribution in [-0.2, 0) is 6.42 Å². The summed E-state index contributed by atoms with van der Waals surface area (Å²) in [7, 11) is 0. The van der Waals surface area contributed by atoms with E-state index in [1.165, 1.54) is 11.8 Å². The highest BCUT2D eigenvalue weighted by Gasteiger charge is 2.08. The lowest BCUT2D eigenvalue weighted by Crippen LogP contribution is -2.15. The van der Waals surface area contributed by atoms with E-state index in [9.17, 15) is 4.79 Å². The number of carbonyl (C=O) groups is 1. The molecule has 0 bridgehead atoms. The van der Waals surface area contributed by atoms with E-state index in [1.807, 2.05) is 24.3 Å². The number of nitrogens with one attached hydrogen (secondary N) is 1. The highest BCUT2D eigenvalue weighted by atomic mass is 32.1. The molecule has 2 rings (SSSR count). The maximum Gasteiger partial charge on any atom is 0.274 e. The maximum absolute atomic E-state index is 12.0. The third-order valence-corrected chi connectivity index (χ3v) is 3.14. The van der Waals surface area contributed by atoms with Crippen LogP contribution in [0.5, 0.6) is 0 Å². The van der Waals surface area contributed by atoms with Crippen molar-refractivity contribution in [1.82, 2.24) is 4.98 Å². The van der Waals surface area contributed by atoms with Crippen molar-refractivity contribution in [2.24, 2.45) is 5.73 Å². The Morgan fingerprint density at radius 1 is 1.25 bits per heavy atom. The van der Waals surface area contributed by atoms with Gasteiger partial charge in [0.1, 0.15) is 10.7 Å². The Morgan fingerprint density at radius 3 is 2.45 bits per heavy atom. The molecule has 0 saturated carbocycles. The quantitative estimate of drug-likeness (QED) is 0.847. The fraction of sp³-hybridized carbons (Fsp3) is 0.133. The lowest BCUT2D eigenvalue weighted by atomic mass is 10.1. The van der Waals surface area contributed by atoms with Gasteiger partial charge >= 0.3 is 0 Å². The number of hydrogen-bond acceptors (Lipinski definition) is 3. The van der Waals surface area contributed by atoms with Gasteiger partial charge in [0.25, 0.3) is 5.91 Å².